The van der Waals surface area contributed by atoms with E-state index in [-0.39, 0.29) is 23.3 Å². The number of nitrogens with zero attached hydrogens (tertiary/aromatic N) is 1. The molecule has 0 atom stereocenters. The number of aromatic hydroxyl groups is 1. The number of halogens is 2. The van der Waals surface area contributed by atoms with Crippen LogP contribution >= 0.6 is 0 Å². The lowest BCUT2D eigenvalue weighted by molar-refractivity contribution is 0.0697. The van der Waals surface area contributed by atoms with E-state index >= 15 is 0 Å². The minimum atomic E-state index is -0.904. The third-order valence-corrected chi connectivity index (χ3v) is 4.39. The van der Waals surface area contributed by atoms with Crippen LogP contribution in [0.25, 0.3) is 0 Å². The monoisotopic (exact) mass is 360 g/mol. The van der Waals surface area contributed by atoms with Crippen molar-refractivity contribution in [1.29, 1.82) is 0 Å². The van der Waals surface area contributed by atoms with Crippen LogP contribution in [0.5, 0.6) is 5.75 Å². The van der Waals surface area contributed by atoms with Crippen LogP contribution in [0.15, 0.2) is 42.5 Å². The number of amides is 2. The van der Waals surface area contributed by atoms with Gasteiger partial charge in [-0.25, -0.2) is 8.78 Å². The molecule has 0 saturated carbocycles. The summed E-state index contributed by atoms with van der Waals surface area (Å²) >= 11 is 0. The topological polar surface area (TPSA) is 69.6 Å². The summed E-state index contributed by atoms with van der Waals surface area (Å²) in [6.07, 6.45) is 1.05. The Hall–Kier alpha value is -2.96. The predicted octanol–water partition coefficient (Wildman–Crippen LogP) is 2.71. The van der Waals surface area contributed by atoms with Crippen molar-refractivity contribution < 1.29 is 23.5 Å². The second-order valence-corrected chi connectivity index (χ2v) is 6.21. The van der Waals surface area contributed by atoms with Gasteiger partial charge in [0.25, 0.3) is 11.8 Å². The van der Waals surface area contributed by atoms with E-state index in [1.807, 2.05) is 0 Å². The molecular weight excluding hydrogens is 342 g/mol. The molecule has 0 unspecified atom stereocenters. The van der Waals surface area contributed by atoms with Gasteiger partial charge in [-0.3, -0.25) is 9.59 Å². The van der Waals surface area contributed by atoms with Gasteiger partial charge in [0.15, 0.2) is 0 Å². The fraction of sp³-hybridized carbons (Fsp3) is 0.263. The number of rotatable bonds is 3. The minimum Gasteiger partial charge on any atom is -0.508 e. The lowest BCUT2D eigenvalue weighted by atomic mass is 10.0. The molecule has 1 aliphatic rings. The van der Waals surface area contributed by atoms with Crippen molar-refractivity contribution in [2.24, 2.45) is 0 Å². The molecule has 7 heteroatoms. The molecule has 136 valence electrons. The summed E-state index contributed by atoms with van der Waals surface area (Å²) in [5.41, 5.74) is 0.200. The smallest absolute Gasteiger partial charge is 0.254 e. The number of benzene rings is 2. The van der Waals surface area contributed by atoms with Gasteiger partial charge in [0, 0.05) is 30.8 Å². The van der Waals surface area contributed by atoms with Crippen molar-refractivity contribution in [1.82, 2.24) is 10.2 Å². The average molecular weight is 360 g/mol. The van der Waals surface area contributed by atoms with Crippen LogP contribution < -0.4 is 5.32 Å². The zero-order chi connectivity index (χ0) is 18.7. The summed E-state index contributed by atoms with van der Waals surface area (Å²) in [7, 11) is 0. The molecule has 2 N–H and O–H groups in total. The lowest BCUT2D eigenvalue weighted by Crippen LogP contribution is -2.46. The molecule has 1 saturated heterocycles. The van der Waals surface area contributed by atoms with Gasteiger partial charge < -0.3 is 15.3 Å². The van der Waals surface area contributed by atoms with Gasteiger partial charge in [-0.15, -0.1) is 0 Å². The Balaban J connectivity index is 1.57. The van der Waals surface area contributed by atoms with Gasteiger partial charge in [0.05, 0.1) is 5.56 Å². The van der Waals surface area contributed by atoms with E-state index in [9.17, 15) is 23.5 Å². The van der Waals surface area contributed by atoms with Crippen molar-refractivity contribution in [3.8, 4) is 5.75 Å². The van der Waals surface area contributed by atoms with Crippen LogP contribution in [0.4, 0.5) is 8.78 Å². The Labute approximate surface area is 149 Å². The quantitative estimate of drug-likeness (QED) is 0.884. The first kappa shape index (κ1) is 17.8. The van der Waals surface area contributed by atoms with Gasteiger partial charge in [-0.1, -0.05) is 6.07 Å². The van der Waals surface area contributed by atoms with Crippen LogP contribution in [-0.2, 0) is 0 Å². The molecule has 2 aromatic rings. The first-order valence-electron chi connectivity index (χ1n) is 8.28. The number of likely N-dealkylation sites (tertiary alicyclic amines) is 1. The highest BCUT2D eigenvalue weighted by molar-refractivity contribution is 5.95. The van der Waals surface area contributed by atoms with Gasteiger partial charge in [0.1, 0.15) is 17.4 Å². The fourth-order valence-corrected chi connectivity index (χ4v) is 2.99. The summed E-state index contributed by atoms with van der Waals surface area (Å²) in [6, 6.07) is 8.77. The maximum absolute atomic E-state index is 13.7. The van der Waals surface area contributed by atoms with Crippen LogP contribution in [-0.4, -0.2) is 41.0 Å². The van der Waals surface area contributed by atoms with E-state index < -0.39 is 17.5 Å². The standard InChI is InChI=1S/C19H18F2N2O3/c20-13-4-5-16(17(21)11-13)18(25)22-14-6-8-23(9-7-14)19(26)12-2-1-3-15(24)10-12/h1-5,10-11,14,24H,6-9H2,(H,22,25). The Morgan fingerprint density at radius 1 is 1.08 bits per heavy atom. The van der Waals surface area contributed by atoms with Crippen LogP contribution in [0.2, 0.25) is 0 Å². The van der Waals surface area contributed by atoms with Gasteiger partial charge in [0.2, 0.25) is 0 Å². The van der Waals surface area contributed by atoms with Crippen molar-refractivity contribution >= 4 is 11.8 Å². The van der Waals surface area contributed by atoms with E-state index in [0.717, 1.165) is 12.1 Å². The second kappa shape index (κ2) is 7.51. The largest absolute Gasteiger partial charge is 0.508 e. The Bertz CT molecular complexity index is 833. The SMILES string of the molecule is O=C(NC1CCN(C(=O)c2cccc(O)c2)CC1)c1ccc(F)cc1F. The molecule has 1 fully saturated rings. The third-order valence-electron chi connectivity index (χ3n) is 4.39. The molecule has 1 heterocycles. The lowest BCUT2D eigenvalue weighted by Gasteiger charge is -2.32. The number of nitrogens with one attached hydrogen (secondary N) is 1. The average Bonchev–Trinajstić information content (AvgIpc) is 2.61. The molecule has 2 aromatic carbocycles. The molecule has 26 heavy (non-hydrogen) atoms. The minimum absolute atomic E-state index is 0.0272. The van der Waals surface area contributed by atoms with Crippen molar-refractivity contribution in [2.45, 2.75) is 18.9 Å². The van der Waals surface area contributed by atoms with Crippen LogP contribution in [0.3, 0.4) is 0 Å². The molecule has 1 aliphatic heterocycles. The molecule has 5 nitrogen and oxygen atoms in total. The van der Waals surface area contributed by atoms with E-state index in [2.05, 4.69) is 5.32 Å². The number of hydrogen-bond acceptors (Lipinski definition) is 3. The fourth-order valence-electron chi connectivity index (χ4n) is 2.99. The molecule has 0 aliphatic carbocycles. The van der Waals surface area contributed by atoms with Gasteiger partial charge in [-0.2, -0.15) is 0 Å². The number of hydrogen-bond donors (Lipinski definition) is 2. The predicted molar refractivity (Wildman–Crippen MR) is 90.9 cm³/mol. The molecule has 0 radical (unpaired) electrons. The van der Waals surface area contributed by atoms with E-state index in [4.69, 9.17) is 0 Å². The molecule has 0 bridgehead atoms. The molecule has 0 aromatic heterocycles. The maximum Gasteiger partial charge on any atom is 0.254 e. The maximum atomic E-state index is 13.7. The molecule has 0 spiro atoms. The van der Waals surface area contributed by atoms with E-state index in [1.54, 1.807) is 17.0 Å². The van der Waals surface area contributed by atoms with Gasteiger partial charge >= 0.3 is 0 Å². The van der Waals surface area contributed by atoms with Gasteiger partial charge in [-0.05, 0) is 43.2 Å². The number of carbonyl (C=O) groups excluding carboxylic acids is 2. The number of phenolic OH excluding ortho intramolecular Hbond substituents is 1. The van der Waals surface area contributed by atoms with Crippen LogP contribution in [0.1, 0.15) is 33.6 Å². The zero-order valence-corrected chi connectivity index (χ0v) is 13.9. The Morgan fingerprint density at radius 3 is 2.46 bits per heavy atom. The number of phenols is 1. The molecule has 2 amide bonds. The van der Waals surface area contributed by atoms with E-state index in [1.165, 1.54) is 12.1 Å². The highest BCUT2D eigenvalue weighted by atomic mass is 19.1. The zero-order valence-electron chi connectivity index (χ0n) is 13.9. The highest BCUT2D eigenvalue weighted by Gasteiger charge is 2.25. The summed E-state index contributed by atoms with van der Waals surface area (Å²) in [5.74, 6) is -2.40. The number of piperidine rings is 1. The normalized spacial score (nSPS) is 14.9. The van der Waals surface area contributed by atoms with Crippen molar-refractivity contribution in [3.63, 3.8) is 0 Å². The second-order valence-electron chi connectivity index (χ2n) is 6.21. The summed E-state index contributed by atoms with van der Waals surface area (Å²) < 4.78 is 26.6. The Morgan fingerprint density at radius 2 is 1.81 bits per heavy atom. The third kappa shape index (κ3) is 3.99. The first-order chi connectivity index (χ1) is 12.4. The van der Waals surface area contributed by atoms with Crippen LogP contribution in [0, 0.1) is 11.6 Å². The summed E-state index contributed by atoms with van der Waals surface area (Å²) in [6.45, 7) is 0.872. The summed E-state index contributed by atoms with van der Waals surface area (Å²) in [5, 5.41) is 12.2. The van der Waals surface area contributed by atoms with Crippen molar-refractivity contribution in [3.05, 3.63) is 65.2 Å². The molecular formula is C19H18F2N2O3. The molecule has 3 rings (SSSR count). The van der Waals surface area contributed by atoms with Crippen molar-refractivity contribution in [2.75, 3.05) is 13.1 Å². The summed E-state index contributed by atoms with van der Waals surface area (Å²) in [4.78, 5) is 26.2. The highest BCUT2D eigenvalue weighted by Crippen LogP contribution is 2.18. The number of carbonyl (C=O) groups is 2. The van der Waals surface area contributed by atoms with E-state index in [0.29, 0.717) is 37.6 Å². The first-order valence-corrected chi connectivity index (χ1v) is 8.28. The Kier molecular flexibility index (Phi) is 5.16.